The molecule has 1 saturated heterocycles. The lowest BCUT2D eigenvalue weighted by molar-refractivity contribution is -0.00719. The third kappa shape index (κ3) is 8.12. The number of ether oxygens (including phenoxy) is 4. The number of piperidine rings is 1. The summed E-state index contributed by atoms with van der Waals surface area (Å²) in [6.45, 7) is 7.19. The molecule has 6 rings (SSSR count). The van der Waals surface area contributed by atoms with Crippen LogP contribution in [0.1, 0.15) is 72.4 Å². The zero-order valence-corrected chi connectivity index (χ0v) is 30.1. The number of tetrazole rings is 1. The van der Waals surface area contributed by atoms with E-state index in [2.05, 4.69) is 49.9 Å². The predicted octanol–water partition coefficient (Wildman–Crippen LogP) is 5.34. The highest BCUT2D eigenvalue weighted by atomic mass is 32.2. The van der Waals surface area contributed by atoms with E-state index in [1.807, 2.05) is 49.4 Å². The van der Waals surface area contributed by atoms with Gasteiger partial charge in [0.15, 0.2) is 11.3 Å². The summed E-state index contributed by atoms with van der Waals surface area (Å²) in [5, 5.41) is 18.6. The molecule has 12 nitrogen and oxygen atoms in total. The lowest BCUT2D eigenvalue weighted by Gasteiger charge is -2.40. The van der Waals surface area contributed by atoms with E-state index >= 15 is 0 Å². The van der Waals surface area contributed by atoms with Crippen molar-refractivity contribution >= 4 is 15.5 Å². The van der Waals surface area contributed by atoms with E-state index in [0.717, 1.165) is 60.5 Å². The normalized spacial score (nSPS) is 20.5. The first-order valence-corrected chi connectivity index (χ1v) is 18.9. The van der Waals surface area contributed by atoms with Gasteiger partial charge in [0, 0.05) is 44.7 Å². The molecule has 1 aromatic heterocycles. The number of nitrogens with zero attached hydrogens (tertiary/aromatic N) is 4. The molecule has 0 spiro atoms. The first kappa shape index (κ1) is 35.8. The quantitative estimate of drug-likeness (QED) is 0.155. The topological polar surface area (TPSA) is 141 Å². The summed E-state index contributed by atoms with van der Waals surface area (Å²) in [4.78, 5) is 2.45. The van der Waals surface area contributed by atoms with Gasteiger partial charge < -0.3 is 29.2 Å². The summed E-state index contributed by atoms with van der Waals surface area (Å²) in [6.07, 6.45) is 2.79. The van der Waals surface area contributed by atoms with Crippen molar-refractivity contribution in [2.45, 2.75) is 73.8 Å². The Bertz CT molecular complexity index is 1770. The Hall–Kier alpha value is -4.04. The summed E-state index contributed by atoms with van der Waals surface area (Å²) >= 11 is 0. The van der Waals surface area contributed by atoms with Crippen LogP contribution in [0.2, 0.25) is 0 Å². The van der Waals surface area contributed by atoms with Crippen LogP contribution in [0, 0.1) is 6.92 Å². The van der Waals surface area contributed by atoms with E-state index in [-0.39, 0.29) is 22.8 Å². The van der Waals surface area contributed by atoms with Gasteiger partial charge in [-0.2, -0.15) is 5.21 Å². The van der Waals surface area contributed by atoms with Crippen LogP contribution < -0.4 is 19.7 Å². The molecule has 0 saturated carbocycles. The number of anilines is 1. The van der Waals surface area contributed by atoms with Gasteiger partial charge in [0.25, 0.3) is 0 Å². The Labute approximate surface area is 294 Å². The second kappa shape index (κ2) is 16.3. The SMILES string of the molecule is CCC(C[C@H]1C[C@H](c2ccc(OC)cc2)[C@@H](OC(c2ccc3c(c2)N(CCCOC)CCO3)S(=O)(=O)c2ccc(C)cc2)CN1)c1nn[nH]n1. The van der Waals surface area contributed by atoms with Crippen molar-refractivity contribution in [1.82, 2.24) is 25.9 Å². The monoisotopic (exact) mass is 704 g/mol. The van der Waals surface area contributed by atoms with Gasteiger partial charge in [-0.25, -0.2) is 8.42 Å². The minimum absolute atomic E-state index is 0.0999. The third-order valence-electron chi connectivity index (χ3n) is 9.85. The molecule has 3 heterocycles. The second-order valence-electron chi connectivity index (χ2n) is 13.1. The molecule has 268 valence electrons. The summed E-state index contributed by atoms with van der Waals surface area (Å²) in [6, 6.07) is 20.7. The Morgan fingerprint density at radius 2 is 1.86 bits per heavy atom. The van der Waals surface area contributed by atoms with Gasteiger partial charge in [-0.3, -0.25) is 0 Å². The Balaban J connectivity index is 1.35. The van der Waals surface area contributed by atoms with Gasteiger partial charge in [-0.1, -0.05) is 48.0 Å². The average Bonchev–Trinajstić information content (AvgIpc) is 3.68. The molecule has 0 radical (unpaired) electrons. The van der Waals surface area contributed by atoms with Crippen LogP contribution in [0.3, 0.4) is 0 Å². The van der Waals surface area contributed by atoms with Crippen molar-refractivity contribution in [2.75, 3.05) is 52.0 Å². The van der Waals surface area contributed by atoms with Crippen molar-refractivity contribution < 1.29 is 27.4 Å². The Morgan fingerprint density at radius 3 is 2.56 bits per heavy atom. The minimum Gasteiger partial charge on any atom is -0.497 e. The predicted molar refractivity (Wildman–Crippen MR) is 191 cm³/mol. The second-order valence-corrected chi connectivity index (χ2v) is 15.1. The number of sulfone groups is 1. The first-order valence-electron chi connectivity index (χ1n) is 17.4. The van der Waals surface area contributed by atoms with Crippen LogP contribution in [-0.4, -0.2) is 88.3 Å². The van der Waals surface area contributed by atoms with Gasteiger partial charge in [0.2, 0.25) is 9.84 Å². The standard InChI is InChI=1S/C37H48N6O6S/c1-5-26(36-39-41-42-40-36)21-29-23-32(27-9-12-30(47-4)13-10-27)35(24-38-29)49-37(50(44,45)31-14-7-25(2)8-15-31)28-11-16-34-33(22-28)43(18-20-48-34)17-6-19-46-3/h7-16,22,26,29,32,35,37-38H,5-6,17-21,23-24H2,1-4H3,(H,39,40,41,42)/t26?,29-,32+,35-,37?/m0/s1. The Morgan fingerprint density at radius 1 is 1.06 bits per heavy atom. The summed E-state index contributed by atoms with van der Waals surface area (Å²) in [7, 11) is -0.653. The number of nitrogens with one attached hydrogen (secondary N) is 2. The maximum absolute atomic E-state index is 14.6. The fourth-order valence-electron chi connectivity index (χ4n) is 7.04. The molecule has 2 aliphatic rings. The number of hydrogen-bond donors (Lipinski definition) is 2. The molecule has 2 aliphatic heterocycles. The number of benzene rings is 3. The number of methoxy groups -OCH3 is 2. The average molecular weight is 705 g/mol. The van der Waals surface area contributed by atoms with Crippen LogP contribution in [-0.2, 0) is 19.3 Å². The van der Waals surface area contributed by atoms with Gasteiger partial charge >= 0.3 is 0 Å². The highest BCUT2D eigenvalue weighted by molar-refractivity contribution is 7.91. The lowest BCUT2D eigenvalue weighted by atomic mass is 9.81. The van der Waals surface area contributed by atoms with Gasteiger partial charge in [0.05, 0.1) is 30.3 Å². The molecule has 3 aromatic carbocycles. The van der Waals surface area contributed by atoms with Crippen molar-refractivity contribution in [3.8, 4) is 11.5 Å². The molecular formula is C37H48N6O6S. The van der Waals surface area contributed by atoms with Crippen LogP contribution in [0.15, 0.2) is 71.6 Å². The van der Waals surface area contributed by atoms with Crippen LogP contribution in [0.4, 0.5) is 5.69 Å². The maximum atomic E-state index is 14.6. The molecule has 0 aliphatic carbocycles. The fraction of sp³-hybridized carbons (Fsp3) is 0.486. The maximum Gasteiger partial charge on any atom is 0.209 e. The first-order chi connectivity index (χ1) is 24.3. The van der Waals surface area contributed by atoms with Crippen molar-refractivity contribution in [3.63, 3.8) is 0 Å². The van der Waals surface area contributed by atoms with E-state index in [4.69, 9.17) is 18.9 Å². The minimum atomic E-state index is -3.99. The van der Waals surface area contributed by atoms with E-state index < -0.39 is 21.4 Å². The largest absolute Gasteiger partial charge is 0.497 e. The highest BCUT2D eigenvalue weighted by Gasteiger charge is 2.40. The summed E-state index contributed by atoms with van der Waals surface area (Å²) in [5.74, 6) is 2.21. The number of fused-ring (bicyclic) bond motifs is 1. The number of rotatable bonds is 15. The van der Waals surface area contributed by atoms with Crippen molar-refractivity contribution in [3.05, 3.63) is 89.2 Å². The number of H-pyrrole nitrogens is 1. The third-order valence-corrected chi connectivity index (χ3v) is 11.7. The molecule has 13 heteroatoms. The zero-order valence-electron chi connectivity index (χ0n) is 29.2. The molecule has 4 aromatic rings. The van der Waals surface area contributed by atoms with E-state index in [9.17, 15) is 8.42 Å². The number of hydrogen-bond acceptors (Lipinski definition) is 11. The molecule has 2 unspecified atom stereocenters. The Kier molecular flexibility index (Phi) is 11.7. The lowest BCUT2D eigenvalue weighted by Crippen LogP contribution is -2.48. The smallest absolute Gasteiger partial charge is 0.209 e. The number of aromatic amines is 1. The van der Waals surface area contributed by atoms with Gasteiger partial charge in [-0.15, -0.1) is 10.2 Å². The molecular weight excluding hydrogens is 657 g/mol. The molecule has 50 heavy (non-hydrogen) atoms. The molecule has 1 fully saturated rings. The van der Waals surface area contributed by atoms with E-state index in [0.29, 0.717) is 37.7 Å². The number of aromatic nitrogens is 4. The van der Waals surface area contributed by atoms with Crippen LogP contribution in [0.25, 0.3) is 0 Å². The van der Waals surface area contributed by atoms with E-state index in [1.165, 1.54) is 0 Å². The molecule has 5 atom stereocenters. The van der Waals surface area contributed by atoms with Gasteiger partial charge in [-0.05, 0) is 80.1 Å². The summed E-state index contributed by atoms with van der Waals surface area (Å²) < 4.78 is 53.0. The molecule has 0 bridgehead atoms. The van der Waals surface area contributed by atoms with Crippen molar-refractivity contribution in [1.29, 1.82) is 0 Å². The molecule has 2 N–H and O–H groups in total. The summed E-state index contributed by atoms with van der Waals surface area (Å²) in [5.41, 5.74) is 2.20. The van der Waals surface area contributed by atoms with E-state index in [1.54, 1.807) is 26.4 Å². The van der Waals surface area contributed by atoms with Crippen LogP contribution >= 0.6 is 0 Å². The number of aryl methyl sites for hydroxylation is 1. The van der Waals surface area contributed by atoms with Crippen molar-refractivity contribution in [2.24, 2.45) is 0 Å². The zero-order chi connectivity index (χ0) is 35.1. The fourth-order valence-corrected chi connectivity index (χ4v) is 8.60. The highest BCUT2D eigenvalue weighted by Crippen LogP contribution is 2.42. The van der Waals surface area contributed by atoms with Gasteiger partial charge in [0.1, 0.15) is 18.1 Å². The molecule has 0 amide bonds. The van der Waals surface area contributed by atoms with Crippen LogP contribution in [0.5, 0.6) is 11.5 Å².